The maximum absolute atomic E-state index is 12.9. The highest BCUT2D eigenvalue weighted by atomic mass is 32.2. The van der Waals surface area contributed by atoms with Gasteiger partial charge in [-0.1, -0.05) is 17.7 Å². The molecule has 0 spiro atoms. The Balaban J connectivity index is 2.26. The normalized spacial score (nSPS) is 12.4. The van der Waals surface area contributed by atoms with E-state index >= 15 is 0 Å². The predicted octanol–water partition coefficient (Wildman–Crippen LogP) is 1.78. The van der Waals surface area contributed by atoms with E-state index in [1.54, 1.807) is 25.1 Å². The van der Waals surface area contributed by atoms with Crippen molar-refractivity contribution in [1.29, 1.82) is 0 Å². The monoisotopic (exact) mass is 365 g/mol. The summed E-state index contributed by atoms with van der Waals surface area (Å²) in [7, 11) is -3.84. The maximum Gasteiger partial charge on any atom is 0.396 e. The molecule has 134 valence electrons. The molecule has 0 aliphatic rings. The van der Waals surface area contributed by atoms with Gasteiger partial charge in [0, 0.05) is 6.54 Å². The van der Waals surface area contributed by atoms with Crippen molar-refractivity contribution in [3.8, 4) is 0 Å². The average Bonchev–Trinajstić information content (AvgIpc) is 3.09. The van der Waals surface area contributed by atoms with E-state index in [2.05, 4.69) is 10.1 Å². The molecule has 1 aromatic heterocycles. The number of aryl methyl sites for hydroxylation is 1. The molecule has 8 heteroatoms. The first-order chi connectivity index (χ1) is 11.9. The highest BCUT2D eigenvalue weighted by Crippen LogP contribution is 2.29. The Morgan fingerprint density at radius 3 is 2.44 bits per heavy atom. The van der Waals surface area contributed by atoms with Crippen molar-refractivity contribution in [3.05, 3.63) is 54.0 Å². The summed E-state index contributed by atoms with van der Waals surface area (Å²) in [6.45, 7) is 3.15. The SMILES string of the molecule is CCOC(=O)C(=O)NC[C@@H](c1ccco1)S(=O)(=O)c1ccc(C)cc1. The third-order valence-electron chi connectivity index (χ3n) is 3.49. The summed E-state index contributed by atoms with van der Waals surface area (Å²) < 4.78 is 35.7. The molecule has 1 amide bonds. The van der Waals surface area contributed by atoms with Crippen LogP contribution in [0.3, 0.4) is 0 Å². The lowest BCUT2D eigenvalue weighted by atomic mass is 10.2. The van der Waals surface area contributed by atoms with Crippen molar-refractivity contribution in [2.75, 3.05) is 13.2 Å². The second-order valence-electron chi connectivity index (χ2n) is 5.29. The van der Waals surface area contributed by atoms with Crippen molar-refractivity contribution >= 4 is 21.7 Å². The molecule has 0 saturated heterocycles. The molecule has 1 heterocycles. The van der Waals surface area contributed by atoms with Gasteiger partial charge < -0.3 is 14.5 Å². The number of sulfone groups is 1. The Morgan fingerprint density at radius 1 is 1.20 bits per heavy atom. The quantitative estimate of drug-likeness (QED) is 0.618. The smallest absolute Gasteiger partial charge is 0.396 e. The number of nitrogens with one attached hydrogen (secondary N) is 1. The van der Waals surface area contributed by atoms with E-state index in [-0.39, 0.29) is 23.8 Å². The Kier molecular flexibility index (Phi) is 5.97. The Hall–Kier alpha value is -2.61. The molecule has 0 unspecified atom stereocenters. The Bertz CT molecular complexity index is 825. The van der Waals surface area contributed by atoms with Gasteiger partial charge >= 0.3 is 11.9 Å². The molecule has 7 nitrogen and oxygen atoms in total. The fraction of sp³-hybridized carbons (Fsp3) is 0.294. The van der Waals surface area contributed by atoms with Crippen LogP contribution in [0.4, 0.5) is 0 Å². The minimum Gasteiger partial charge on any atom is -0.468 e. The molecule has 2 aromatic rings. The molecule has 1 atom stereocenters. The topological polar surface area (TPSA) is 103 Å². The molecule has 25 heavy (non-hydrogen) atoms. The number of benzene rings is 1. The third kappa shape index (κ3) is 4.48. The minimum atomic E-state index is -3.84. The lowest BCUT2D eigenvalue weighted by molar-refractivity contribution is -0.154. The first-order valence-electron chi connectivity index (χ1n) is 7.65. The highest BCUT2D eigenvalue weighted by Gasteiger charge is 2.32. The number of carbonyl (C=O) groups is 2. The summed E-state index contributed by atoms with van der Waals surface area (Å²) in [5.41, 5.74) is 0.920. The van der Waals surface area contributed by atoms with Gasteiger partial charge in [0.2, 0.25) is 0 Å². The lowest BCUT2D eigenvalue weighted by Gasteiger charge is -2.16. The standard InChI is InChI=1S/C17H19NO6S/c1-3-23-17(20)16(19)18-11-15(14-5-4-10-24-14)25(21,22)13-8-6-12(2)7-9-13/h4-10,15H,3,11H2,1-2H3,(H,18,19)/t15-/m0/s1. The van der Waals surface area contributed by atoms with Crippen LogP contribution < -0.4 is 5.32 Å². The van der Waals surface area contributed by atoms with E-state index in [1.165, 1.54) is 24.5 Å². The van der Waals surface area contributed by atoms with E-state index in [0.29, 0.717) is 0 Å². The number of furan rings is 1. The second kappa shape index (κ2) is 7.98. The molecule has 0 bridgehead atoms. The van der Waals surface area contributed by atoms with E-state index < -0.39 is 27.0 Å². The van der Waals surface area contributed by atoms with Crippen molar-refractivity contribution in [3.63, 3.8) is 0 Å². The van der Waals surface area contributed by atoms with Crippen molar-refractivity contribution < 1.29 is 27.2 Å². The molecular weight excluding hydrogens is 346 g/mol. The van der Waals surface area contributed by atoms with Gasteiger partial charge in [-0.3, -0.25) is 4.79 Å². The number of esters is 1. The zero-order valence-corrected chi connectivity index (χ0v) is 14.7. The second-order valence-corrected chi connectivity index (χ2v) is 7.42. The van der Waals surface area contributed by atoms with Gasteiger partial charge in [0.05, 0.1) is 17.8 Å². The summed E-state index contributed by atoms with van der Waals surface area (Å²) in [5.74, 6) is -1.89. The fourth-order valence-electron chi connectivity index (χ4n) is 2.18. The molecule has 1 N–H and O–H groups in total. The molecule has 0 aliphatic carbocycles. The largest absolute Gasteiger partial charge is 0.468 e. The number of carbonyl (C=O) groups excluding carboxylic acids is 2. The molecule has 1 aromatic carbocycles. The van der Waals surface area contributed by atoms with Crippen LogP contribution in [0.15, 0.2) is 52.0 Å². The fourth-order valence-corrected chi connectivity index (χ4v) is 3.77. The Labute approximate surface area is 145 Å². The number of ether oxygens (including phenoxy) is 1. The Morgan fingerprint density at radius 2 is 1.88 bits per heavy atom. The molecule has 0 radical (unpaired) electrons. The summed E-state index contributed by atoms with van der Waals surface area (Å²) in [4.78, 5) is 23.2. The summed E-state index contributed by atoms with van der Waals surface area (Å²) in [5, 5.41) is 1.13. The highest BCUT2D eigenvalue weighted by molar-refractivity contribution is 7.91. The molecule has 0 aliphatic heterocycles. The van der Waals surface area contributed by atoms with Gasteiger partial charge in [0.25, 0.3) is 0 Å². The van der Waals surface area contributed by atoms with Crippen LogP contribution in [0.5, 0.6) is 0 Å². The van der Waals surface area contributed by atoms with Crippen LogP contribution in [0, 0.1) is 6.92 Å². The summed E-state index contributed by atoms with van der Waals surface area (Å²) >= 11 is 0. The zero-order valence-electron chi connectivity index (χ0n) is 13.9. The number of hydrogen-bond donors (Lipinski definition) is 1. The number of rotatable bonds is 6. The van der Waals surface area contributed by atoms with Crippen molar-refractivity contribution in [2.24, 2.45) is 0 Å². The zero-order chi connectivity index (χ0) is 18.4. The van der Waals surface area contributed by atoms with Crippen LogP contribution in [0.1, 0.15) is 23.5 Å². The van der Waals surface area contributed by atoms with Crippen LogP contribution in [-0.4, -0.2) is 33.4 Å². The third-order valence-corrected chi connectivity index (χ3v) is 5.57. The van der Waals surface area contributed by atoms with E-state index in [1.807, 2.05) is 6.92 Å². The van der Waals surface area contributed by atoms with Crippen LogP contribution in [-0.2, 0) is 24.2 Å². The summed E-state index contributed by atoms with van der Waals surface area (Å²) in [6.07, 6.45) is 1.35. The first kappa shape index (κ1) is 18.7. The van der Waals surface area contributed by atoms with Gasteiger partial charge in [-0.25, -0.2) is 13.2 Å². The molecular formula is C17H19NO6S. The first-order valence-corrected chi connectivity index (χ1v) is 9.19. The van der Waals surface area contributed by atoms with E-state index in [9.17, 15) is 18.0 Å². The number of amides is 1. The minimum absolute atomic E-state index is 0.0511. The van der Waals surface area contributed by atoms with Gasteiger partial charge in [0.1, 0.15) is 11.0 Å². The van der Waals surface area contributed by atoms with Crippen LogP contribution in [0.2, 0.25) is 0 Å². The molecule has 2 rings (SSSR count). The predicted molar refractivity (Wildman–Crippen MR) is 89.5 cm³/mol. The van der Waals surface area contributed by atoms with E-state index in [4.69, 9.17) is 4.42 Å². The van der Waals surface area contributed by atoms with Gasteiger partial charge in [0.15, 0.2) is 9.84 Å². The average molecular weight is 365 g/mol. The lowest BCUT2D eigenvalue weighted by Crippen LogP contribution is -2.37. The molecule has 0 saturated carbocycles. The van der Waals surface area contributed by atoms with Gasteiger partial charge in [-0.2, -0.15) is 0 Å². The van der Waals surface area contributed by atoms with Gasteiger partial charge in [-0.05, 0) is 38.1 Å². The van der Waals surface area contributed by atoms with Crippen LogP contribution in [0.25, 0.3) is 0 Å². The number of hydrogen-bond acceptors (Lipinski definition) is 6. The van der Waals surface area contributed by atoms with E-state index in [0.717, 1.165) is 5.56 Å². The molecule has 0 fully saturated rings. The summed E-state index contributed by atoms with van der Waals surface area (Å²) in [6, 6.07) is 9.42. The maximum atomic E-state index is 12.9. The van der Waals surface area contributed by atoms with Gasteiger partial charge in [-0.15, -0.1) is 0 Å². The van der Waals surface area contributed by atoms with Crippen molar-refractivity contribution in [2.45, 2.75) is 24.0 Å². The van der Waals surface area contributed by atoms with Crippen molar-refractivity contribution in [1.82, 2.24) is 5.32 Å². The van der Waals surface area contributed by atoms with Crippen LogP contribution >= 0.6 is 0 Å².